The van der Waals surface area contributed by atoms with E-state index in [1.807, 2.05) is 60.8 Å². The van der Waals surface area contributed by atoms with Crippen LogP contribution in [0.3, 0.4) is 0 Å². The van der Waals surface area contributed by atoms with Gasteiger partial charge in [-0.05, 0) is 31.2 Å². The van der Waals surface area contributed by atoms with Gasteiger partial charge < -0.3 is 5.32 Å². The third kappa shape index (κ3) is 4.16. The highest BCUT2D eigenvalue weighted by atomic mass is 32.2. The minimum absolute atomic E-state index is 0.370. The van der Waals surface area contributed by atoms with Crippen LogP contribution in [0.25, 0.3) is 11.3 Å². The number of aromatic nitrogens is 1. The zero-order chi connectivity index (χ0) is 22.3. The molecule has 1 N–H and O–H groups in total. The highest BCUT2D eigenvalue weighted by molar-refractivity contribution is 7.99. The predicted molar refractivity (Wildman–Crippen MR) is 124 cm³/mol. The minimum atomic E-state index is -4.42. The maximum Gasteiger partial charge on any atom is 0.416 e. The number of nitrogens with one attached hydrogen (secondary N) is 1. The molecule has 0 aliphatic carbocycles. The molecule has 1 aliphatic rings. The number of benzene rings is 3. The van der Waals surface area contributed by atoms with E-state index in [1.165, 1.54) is 29.2 Å². The Balaban J connectivity index is 1.57. The molecule has 0 fully saturated rings. The number of aliphatic imine (C=N–C) groups is 1. The first-order valence-electron chi connectivity index (χ1n) is 9.73. The van der Waals surface area contributed by atoms with Crippen LogP contribution >= 0.6 is 23.1 Å². The molecular formula is C24H16F3N3S2. The second-order valence-electron chi connectivity index (χ2n) is 7.27. The van der Waals surface area contributed by atoms with Crippen LogP contribution in [0.1, 0.15) is 16.7 Å². The molecule has 1 aromatic heterocycles. The van der Waals surface area contributed by atoms with Crippen LogP contribution in [0, 0.1) is 6.92 Å². The second-order valence-corrected chi connectivity index (χ2v) is 9.19. The molecule has 3 nitrogen and oxygen atoms in total. The van der Waals surface area contributed by atoms with Gasteiger partial charge in [-0.2, -0.15) is 13.2 Å². The Kier molecular flexibility index (Phi) is 5.27. The standard InChI is InChI=1S/C24H16F3N3S2/c1-14-6-8-15(9-7-14)19-13-31-23(29-19)30-22-17-4-2-3-5-20(17)32-21-11-10-16(24(25,26)27)12-18(21)28-22/h2-13H,1H3,(H,28,29,30). The number of anilines is 1. The van der Waals surface area contributed by atoms with Gasteiger partial charge in [-0.15, -0.1) is 11.3 Å². The number of amidine groups is 1. The molecule has 0 radical (unpaired) electrons. The van der Waals surface area contributed by atoms with Crippen molar-refractivity contribution in [2.75, 3.05) is 5.32 Å². The summed E-state index contributed by atoms with van der Waals surface area (Å²) in [6.45, 7) is 2.03. The van der Waals surface area contributed by atoms with Crippen molar-refractivity contribution in [2.45, 2.75) is 22.9 Å². The fourth-order valence-electron chi connectivity index (χ4n) is 3.31. The van der Waals surface area contributed by atoms with Crippen molar-refractivity contribution in [3.63, 3.8) is 0 Å². The number of hydrogen-bond donors (Lipinski definition) is 1. The number of hydrogen-bond acceptors (Lipinski definition) is 4. The van der Waals surface area contributed by atoms with Crippen LogP contribution in [-0.4, -0.2) is 10.8 Å². The first-order chi connectivity index (χ1) is 15.4. The summed E-state index contributed by atoms with van der Waals surface area (Å²) < 4.78 is 39.8. The molecule has 1 aliphatic heterocycles. The Morgan fingerprint density at radius 3 is 2.50 bits per heavy atom. The van der Waals surface area contributed by atoms with Crippen LogP contribution < -0.4 is 5.32 Å². The SMILES string of the molecule is Cc1ccc(-c2csc(/N=C3\Nc4cc(C(F)(F)F)ccc4Sc4ccccc43)n2)cc1. The van der Waals surface area contributed by atoms with Crippen molar-refractivity contribution in [3.8, 4) is 11.3 Å². The van der Waals surface area contributed by atoms with E-state index < -0.39 is 11.7 Å². The van der Waals surface area contributed by atoms with Gasteiger partial charge in [-0.3, -0.25) is 0 Å². The number of alkyl halides is 3. The lowest BCUT2D eigenvalue weighted by Gasteiger charge is -2.12. The van der Waals surface area contributed by atoms with E-state index in [-0.39, 0.29) is 0 Å². The summed E-state index contributed by atoms with van der Waals surface area (Å²) in [5.74, 6) is 0.469. The third-order valence-corrected chi connectivity index (χ3v) is 6.86. The number of nitrogens with zero attached hydrogens (tertiary/aromatic N) is 2. The first-order valence-corrected chi connectivity index (χ1v) is 11.4. The lowest BCUT2D eigenvalue weighted by molar-refractivity contribution is -0.137. The van der Waals surface area contributed by atoms with Crippen LogP contribution in [-0.2, 0) is 6.18 Å². The van der Waals surface area contributed by atoms with Crippen LogP contribution in [0.2, 0.25) is 0 Å². The van der Waals surface area contributed by atoms with Crippen molar-refractivity contribution < 1.29 is 13.2 Å². The van der Waals surface area contributed by atoms with Crippen molar-refractivity contribution in [3.05, 3.63) is 88.8 Å². The lowest BCUT2D eigenvalue weighted by atomic mass is 10.1. The Morgan fingerprint density at radius 1 is 0.938 bits per heavy atom. The van der Waals surface area contributed by atoms with Gasteiger partial charge in [0.15, 0.2) is 0 Å². The average molecular weight is 468 g/mol. The molecule has 0 bridgehead atoms. The van der Waals surface area contributed by atoms with Crippen LogP contribution in [0.15, 0.2) is 86.9 Å². The maximum atomic E-state index is 13.3. The lowest BCUT2D eigenvalue weighted by Crippen LogP contribution is -2.14. The molecule has 0 spiro atoms. The summed E-state index contributed by atoms with van der Waals surface area (Å²) in [7, 11) is 0. The van der Waals surface area contributed by atoms with Crippen LogP contribution in [0.4, 0.5) is 24.0 Å². The molecule has 32 heavy (non-hydrogen) atoms. The fraction of sp³-hybridized carbons (Fsp3) is 0.0833. The molecular weight excluding hydrogens is 451 g/mol. The van der Waals surface area contributed by atoms with Crippen molar-refractivity contribution in [1.29, 1.82) is 0 Å². The summed E-state index contributed by atoms with van der Waals surface area (Å²) in [4.78, 5) is 10.9. The van der Waals surface area contributed by atoms with E-state index in [4.69, 9.17) is 4.99 Å². The van der Waals surface area contributed by atoms with Gasteiger partial charge >= 0.3 is 6.18 Å². The number of thiazole rings is 1. The molecule has 3 aromatic carbocycles. The fourth-order valence-corrected chi connectivity index (χ4v) is 5.03. The largest absolute Gasteiger partial charge is 0.416 e. The van der Waals surface area contributed by atoms with Gasteiger partial charge in [0, 0.05) is 26.3 Å². The van der Waals surface area contributed by atoms with Gasteiger partial charge in [0.25, 0.3) is 0 Å². The van der Waals surface area contributed by atoms with E-state index in [2.05, 4.69) is 10.3 Å². The third-order valence-electron chi connectivity index (χ3n) is 4.97. The molecule has 4 aromatic rings. The monoisotopic (exact) mass is 467 g/mol. The summed E-state index contributed by atoms with van der Waals surface area (Å²) in [5.41, 5.74) is 3.45. The molecule has 8 heteroatoms. The molecule has 0 saturated carbocycles. The normalized spacial score (nSPS) is 14.4. The molecule has 0 atom stereocenters. The van der Waals surface area contributed by atoms with Gasteiger partial charge in [0.2, 0.25) is 5.13 Å². The average Bonchev–Trinajstić information content (AvgIpc) is 3.16. The summed E-state index contributed by atoms with van der Waals surface area (Å²) in [6, 6.07) is 19.4. The molecule has 5 rings (SSSR count). The summed E-state index contributed by atoms with van der Waals surface area (Å²) in [5, 5.41) is 5.58. The highest BCUT2D eigenvalue weighted by Gasteiger charge is 2.32. The van der Waals surface area contributed by atoms with E-state index in [1.54, 1.807) is 0 Å². The van der Waals surface area contributed by atoms with Crippen molar-refractivity contribution >= 4 is 39.8 Å². The zero-order valence-electron chi connectivity index (χ0n) is 16.8. The van der Waals surface area contributed by atoms with Crippen molar-refractivity contribution in [2.24, 2.45) is 4.99 Å². The maximum absolute atomic E-state index is 13.3. The van der Waals surface area contributed by atoms with Gasteiger partial charge in [-0.1, -0.05) is 59.8 Å². The Hall–Kier alpha value is -3.10. The van der Waals surface area contributed by atoms with Gasteiger partial charge in [-0.25, -0.2) is 9.98 Å². The molecule has 0 unspecified atom stereocenters. The summed E-state index contributed by atoms with van der Waals surface area (Å²) >= 11 is 2.80. The topological polar surface area (TPSA) is 37.3 Å². The summed E-state index contributed by atoms with van der Waals surface area (Å²) in [6.07, 6.45) is -4.42. The minimum Gasteiger partial charge on any atom is -0.339 e. The van der Waals surface area contributed by atoms with Gasteiger partial charge in [0.1, 0.15) is 5.84 Å². The quantitative estimate of drug-likeness (QED) is 0.327. The first kappa shape index (κ1) is 20.8. The highest BCUT2D eigenvalue weighted by Crippen LogP contribution is 2.42. The van der Waals surface area contributed by atoms with Crippen molar-refractivity contribution in [1.82, 2.24) is 4.98 Å². The Morgan fingerprint density at radius 2 is 1.72 bits per heavy atom. The molecule has 2 heterocycles. The number of aryl methyl sites for hydroxylation is 1. The molecule has 0 amide bonds. The van der Waals surface area contributed by atoms with E-state index in [9.17, 15) is 13.2 Å². The zero-order valence-corrected chi connectivity index (χ0v) is 18.4. The number of fused-ring (bicyclic) bond motifs is 2. The Labute approximate surface area is 191 Å². The second kappa shape index (κ2) is 8.11. The molecule has 0 saturated heterocycles. The number of rotatable bonds is 2. The van der Waals surface area contributed by atoms with Crippen LogP contribution in [0.5, 0.6) is 0 Å². The number of halogens is 3. The Bertz CT molecular complexity index is 1330. The van der Waals surface area contributed by atoms with E-state index in [0.717, 1.165) is 39.4 Å². The van der Waals surface area contributed by atoms with E-state index in [0.29, 0.717) is 21.6 Å². The smallest absolute Gasteiger partial charge is 0.339 e. The van der Waals surface area contributed by atoms with E-state index >= 15 is 0 Å². The van der Waals surface area contributed by atoms with Gasteiger partial charge in [0.05, 0.1) is 16.9 Å². The predicted octanol–water partition coefficient (Wildman–Crippen LogP) is 7.79. The molecule has 160 valence electrons.